The van der Waals surface area contributed by atoms with Crippen LogP contribution in [0.25, 0.3) is 11.3 Å². The molecule has 4 aromatic rings. The van der Waals surface area contributed by atoms with Gasteiger partial charge in [-0.3, -0.25) is 9.59 Å². The van der Waals surface area contributed by atoms with Crippen molar-refractivity contribution in [3.8, 4) is 11.3 Å². The minimum Gasteiger partial charge on any atom is -0.350 e. The second-order valence-corrected chi connectivity index (χ2v) is 8.92. The molecule has 3 heterocycles. The van der Waals surface area contributed by atoms with Crippen molar-refractivity contribution >= 4 is 23.3 Å². The number of H-pyrrole nitrogens is 1. The number of nitrogens with zero attached hydrogens (tertiary/aromatic N) is 3. The maximum Gasteiger partial charge on any atom is 0.418 e. The molecule has 7 nitrogen and oxygen atoms in total. The maximum atomic E-state index is 13.7. The number of aromatic amines is 1. The number of hydrogen-bond donors (Lipinski definition) is 2. The van der Waals surface area contributed by atoms with E-state index >= 15 is 0 Å². The van der Waals surface area contributed by atoms with Crippen molar-refractivity contribution in [1.82, 2.24) is 14.9 Å². The van der Waals surface area contributed by atoms with Crippen LogP contribution in [-0.4, -0.2) is 46.3 Å². The first-order chi connectivity index (χ1) is 18.3. The molecule has 194 valence electrons. The molecule has 2 aromatic heterocycles. The zero-order chi connectivity index (χ0) is 26.7. The second kappa shape index (κ2) is 10.4. The van der Waals surface area contributed by atoms with E-state index < -0.39 is 23.3 Å². The van der Waals surface area contributed by atoms with Crippen LogP contribution in [0.3, 0.4) is 0 Å². The summed E-state index contributed by atoms with van der Waals surface area (Å²) in [4.78, 5) is 36.0. The van der Waals surface area contributed by atoms with E-state index in [9.17, 15) is 22.8 Å². The van der Waals surface area contributed by atoms with Gasteiger partial charge in [0.05, 0.1) is 24.0 Å². The Morgan fingerprint density at radius 2 is 1.68 bits per heavy atom. The zero-order valence-electron chi connectivity index (χ0n) is 20.2. The van der Waals surface area contributed by atoms with E-state index in [-0.39, 0.29) is 23.8 Å². The summed E-state index contributed by atoms with van der Waals surface area (Å²) in [6, 6.07) is 22.3. The standard InChI is InChI=1S/C28H24F3N5O2/c29-28(30,31)22-15-23(20-9-5-2-6-10-20)34-26(22)27(38)33-21-11-12-24(32-16-21)35-13-14-36(25(37)18-35)17-19-7-3-1-4-8-19/h1-12,15-16,34H,13-14,17-18H2,(H,33,38). The van der Waals surface area contributed by atoms with Gasteiger partial charge in [-0.15, -0.1) is 0 Å². The van der Waals surface area contributed by atoms with Gasteiger partial charge >= 0.3 is 6.18 Å². The van der Waals surface area contributed by atoms with Crippen LogP contribution >= 0.6 is 0 Å². The van der Waals surface area contributed by atoms with Gasteiger partial charge in [0.2, 0.25) is 5.91 Å². The van der Waals surface area contributed by atoms with Gasteiger partial charge in [-0.05, 0) is 29.3 Å². The van der Waals surface area contributed by atoms with Crippen LogP contribution in [0.5, 0.6) is 0 Å². The largest absolute Gasteiger partial charge is 0.418 e. The molecule has 0 aliphatic carbocycles. The molecule has 10 heteroatoms. The number of rotatable bonds is 6. The number of aromatic nitrogens is 2. The Balaban J connectivity index is 1.25. The predicted molar refractivity (Wildman–Crippen MR) is 137 cm³/mol. The van der Waals surface area contributed by atoms with Gasteiger partial charge in [0.1, 0.15) is 11.5 Å². The molecule has 1 aliphatic rings. The Labute approximate surface area is 216 Å². The molecule has 0 atom stereocenters. The summed E-state index contributed by atoms with van der Waals surface area (Å²) in [5.41, 5.74) is 0.371. The third-order valence-corrected chi connectivity index (χ3v) is 6.30. The van der Waals surface area contributed by atoms with E-state index in [2.05, 4.69) is 15.3 Å². The highest BCUT2D eigenvalue weighted by atomic mass is 19.4. The Bertz CT molecular complexity index is 1420. The first-order valence-corrected chi connectivity index (χ1v) is 12.0. The molecule has 1 fully saturated rings. The lowest BCUT2D eigenvalue weighted by atomic mass is 10.1. The number of alkyl halides is 3. The van der Waals surface area contributed by atoms with Crippen molar-refractivity contribution in [2.24, 2.45) is 0 Å². The fourth-order valence-electron chi connectivity index (χ4n) is 4.35. The molecule has 2 N–H and O–H groups in total. The average Bonchev–Trinajstić information content (AvgIpc) is 3.38. The van der Waals surface area contributed by atoms with E-state index in [4.69, 9.17) is 0 Å². The van der Waals surface area contributed by atoms with Crippen LogP contribution in [0.15, 0.2) is 85.1 Å². The number of amides is 2. The third-order valence-electron chi connectivity index (χ3n) is 6.30. The number of halogens is 3. The number of anilines is 2. The van der Waals surface area contributed by atoms with Crippen molar-refractivity contribution in [2.75, 3.05) is 29.9 Å². The fourth-order valence-corrected chi connectivity index (χ4v) is 4.35. The van der Waals surface area contributed by atoms with E-state index in [0.29, 0.717) is 31.0 Å². The number of carbonyl (C=O) groups is 2. The number of pyridine rings is 1. The Morgan fingerprint density at radius 3 is 2.32 bits per heavy atom. The van der Waals surface area contributed by atoms with Crippen LogP contribution in [0.1, 0.15) is 21.6 Å². The Morgan fingerprint density at radius 1 is 0.974 bits per heavy atom. The lowest BCUT2D eigenvalue weighted by molar-refractivity contribution is -0.137. The van der Waals surface area contributed by atoms with Crippen LogP contribution in [0.4, 0.5) is 24.7 Å². The first kappa shape index (κ1) is 25.1. The van der Waals surface area contributed by atoms with Gasteiger partial charge in [-0.25, -0.2) is 4.98 Å². The number of carbonyl (C=O) groups excluding carboxylic acids is 2. The number of hydrogen-bond acceptors (Lipinski definition) is 4. The summed E-state index contributed by atoms with van der Waals surface area (Å²) in [5, 5.41) is 2.48. The lowest BCUT2D eigenvalue weighted by Crippen LogP contribution is -2.50. The summed E-state index contributed by atoms with van der Waals surface area (Å²) in [5.74, 6) is -0.420. The molecule has 0 bridgehead atoms. The van der Waals surface area contributed by atoms with E-state index in [1.165, 1.54) is 6.20 Å². The molecule has 0 radical (unpaired) electrons. The fraction of sp³-hybridized carbons (Fsp3) is 0.179. The summed E-state index contributed by atoms with van der Waals surface area (Å²) in [6.07, 6.45) is -3.35. The van der Waals surface area contributed by atoms with E-state index in [0.717, 1.165) is 11.6 Å². The predicted octanol–water partition coefficient (Wildman–Crippen LogP) is 5.20. The van der Waals surface area contributed by atoms with Gasteiger partial charge < -0.3 is 20.1 Å². The molecule has 1 aliphatic heterocycles. The first-order valence-electron chi connectivity index (χ1n) is 12.0. The molecule has 2 amide bonds. The smallest absolute Gasteiger partial charge is 0.350 e. The topological polar surface area (TPSA) is 81.3 Å². The van der Waals surface area contributed by atoms with Crippen molar-refractivity contribution in [2.45, 2.75) is 12.7 Å². The van der Waals surface area contributed by atoms with Gasteiger partial charge in [0, 0.05) is 25.3 Å². The summed E-state index contributed by atoms with van der Waals surface area (Å²) in [7, 11) is 0. The summed E-state index contributed by atoms with van der Waals surface area (Å²) in [6.45, 7) is 1.81. The van der Waals surface area contributed by atoms with E-state index in [1.807, 2.05) is 35.2 Å². The molecule has 38 heavy (non-hydrogen) atoms. The molecular formula is C28H24F3N5O2. The van der Waals surface area contributed by atoms with Crippen molar-refractivity contribution in [1.29, 1.82) is 0 Å². The number of piperazine rings is 1. The van der Waals surface area contributed by atoms with E-state index in [1.54, 1.807) is 47.4 Å². The van der Waals surface area contributed by atoms with Crippen molar-refractivity contribution in [3.05, 3.63) is 102 Å². The molecule has 0 spiro atoms. The molecule has 2 aromatic carbocycles. The van der Waals surface area contributed by atoms with Gasteiger partial charge in [0.25, 0.3) is 5.91 Å². The second-order valence-electron chi connectivity index (χ2n) is 8.92. The zero-order valence-corrected chi connectivity index (χ0v) is 20.2. The monoisotopic (exact) mass is 519 g/mol. The highest BCUT2D eigenvalue weighted by Crippen LogP contribution is 2.35. The minimum atomic E-state index is -4.71. The van der Waals surface area contributed by atoms with Crippen LogP contribution in [0, 0.1) is 0 Å². The van der Waals surface area contributed by atoms with Gasteiger partial charge in [-0.1, -0.05) is 60.7 Å². The number of nitrogens with one attached hydrogen (secondary N) is 2. The highest BCUT2D eigenvalue weighted by Gasteiger charge is 2.37. The minimum absolute atomic E-state index is 0.0278. The average molecular weight is 520 g/mol. The van der Waals surface area contributed by atoms with Gasteiger partial charge in [-0.2, -0.15) is 13.2 Å². The van der Waals surface area contributed by atoms with Crippen molar-refractivity contribution in [3.63, 3.8) is 0 Å². The Hall–Kier alpha value is -4.60. The molecule has 1 saturated heterocycles. The number of benzene rings is 2. The third kappa shape index (κ3) is 5.54. The van der Waals surface area contributed by atoms with Crippen LogP contribution in [0.2, 0.25) is 0 Å². The molecular weight excluding hydrogens is 495 g/mol. The SMILES string of the molecule is O=C(Nc1ccc(N2CCN(Cc3ccccc3)C(=O)C2)nc1)c1[nH]c(-c2ccccc2)cc1C(F)(F)F. The summed E-state index contributed by atoms with van der Waals surface area (Å²) >= 11 is 0. The maximum absolute atomic E-state index is 13.7. The van der Waals surface area contributed by atoms with Crippen LogP contribution < -0.4 is 10.2 Å². The lowest BCUT2D eigenvalue weighted by Gasteiger charge is -2.35. The Kier molecular flexibility index (Phi) is 6.87. The highest BCUT2D eigenvalue weighted by molar-refractivity contribution is 6.04. The van der Waals surface area contributed by atoms with Crippen molar-refractivity contribution < 1.29 is 22.8 Å². The quantitative estimate of drug-likeness (QED) is 0.367. The van der Waals surface area contributed by atoms with Gasteiger partial charge in [0.15, 0.2) is 0 Å². The molecule has 0 saturated carbocycles. The normalized spacial score (nSPS) is 14.0. The van der Waals surface area contributed by atoms with Crippen LogP contribution in [-0.2, 0) is 17.5 Å². The summed E-state index contributed by atoms with van der Waals surface area (Å²) < 4.78 is 41.0. The molecule has 0 unspecified atom stereocenters. The molecule has 5 rings (SSSR count).